The molecule has 1 unspecified atom stereocenters. The minimum atomic E-state index is -0.111. The Balaban J connectivity index is 1.80. The number of piperazine rings is 1. The fourth-order valence-corrected chi connectivity index (χ4v) is 3.67. The van der Waals surface area contributed by atoms with Crippen molar-refractivity contribution in [1.29, 1.82) is 0 Å². The minimum absolute atomic E-state index is 0.00625. The Hall–Kier alpha value is -2.93. The highest BCUT2D eigenvalue weighted by atomic mass is 16.5. The molecule has 4 rings (SSSR count). The Morgan fingerprint density at radius 3 is 2.93 bits per heavy atom. The van der Waals surface area contributed by atoms with Crippen molar-refractivity contribution in [3.63, 3.8) is 0 Å². The predicted molar refractivity (Wildman–Crippen MR) is 103 cm³/mol. The zero-order chi connectivity index (χ0) is 19.0. The SMILES string of the molecule is COc1ccc2nc(C)cc(C(=O)N3CCNCC3c3nccn3C)c2c1. The molecule has 1 aromatic carbocycles. The third kappa shape index (κ3) is 3.14. The standard InChI is InChI=1S/C20H23N5O2/c1-13-10-16(15-11-14(27-3)4-5-17(15)23-13)20(26)25-9-6-21-12-18(25)19-22-7-8-24(19)2/h4-5,7-8,10-11,18,21H,6,9,12H2,1-3H3. The van der Waals surface area contributed by atoms with Gasteiger partial charge < -0.3 is 19.5 Å². The maximum Gasteiger partial charge on any atom is 0.255 e. The van der Waals surface area contributed by atoms with E-state index in [0.29, 0.717) is 24.4 Å². The van der Waals surface area contributed by atoms with Crippen LogP contribution in [0.2, 0.25) is 0 Å². The predicted octanol–water partition coefficient (Wildman–Crippen LogP) is 2.07. The van der Waals surface area contributed by atoms with E-state index in [1.807, 2.05) is 53.9 Å². The molecule has 1 fully saturated rings. The average molecular weight is 365 g/mol. The van der Waals surface area contributed by atoms with Gasteiger partial charge in [-0.15, -0.1) is 0 Å². The van der Waals surface area contributed by atoms with Gasteiger partial charge in [-0.2, -0.15) is 0 Å². The normalized spacial score (nSPS) is 17.3. The van der Waals surface area contributed by atoms with Crippen LogP contribution in [0.15, 0.2) is 36.7 Å². The Morgan fingerprint density at radius 2 is 2.19 bits per heavy atom. The van der Waals surface area contributed by atoms with Crippen molar-refractivity contribution in [3.8, 4) is 5.75 Å². The Morgan fingerprint density at radius 1 is 1.33 bits per heavy atom. The summed E-state index contributed by atoms with van der Waals surface area (Å²) in [5.41, 5.74) is 2.26. The molecular weight excluding hydrogens is 342 g/mol. The number of hydrogen-bond acceptors (Lipinski definition) is 5. The summed E-state index contributed by atoms with van der Waals surface area (Å²) in [6.07, 6.45) is 3.67. The number of pyridine rings is 1. The van der Waals surface area contributed by atoms with E-state index in [9.17, 15) is 4.79 Å². The smallest absolute Gasteiger partial charge is 0.255 e. The van der Waals surface area contributed by atoms with Crippen molar-refractivity contribution >= 4 is 16.8 Å². The number of methoxy groups -OCH3 is 1. The summed E-state index contributed by atoms with van der Waals surface area (Å²) >= 11 is 0. The van der Waals surface area contributed by atoms with Crippen molar-refractivity contribution < 1.29 is 9.53 Å². The molecule has 2 aromatic heterocycles. The number of aromatic nitrogens is 3. The lowest BCUT2D eigenvalue weighted by molar-refractivity contribution is 0.0622. The monoisotopic (exact) mass is 365 g/mol. The molecule has 0 saturated carbocycles. The fourth-order valence-electron chi connectivity index (χ4n) is 3.67. The van der Waals surface area contributed by atoms with Gasteiger partial charge in [-0.25, -0.2) is 4.98 Å². The Bertz CT molecular complexity index is 997. The molecule has 1 atom stereocenters. The molecule has 1 aliphatic rings. The maximum absolute atomic E-state index is 13.6. The summed E-state index contributed by atoms with van der Waals surface area (Å²) in [6, 6.07) is 7.39. The fraction of sp³-hybridized carbons (Fsp3) is 0.350. The first-order chi connectivity index (χ1) is 13.1. The molecule has 7 nitrogen and oxygen atoms in total. The highest BCUT2D eigenvalue weighted by Crippen LogP contribution is 2.28. The number of ether oxygens (including phenoxy) is 1. The number of benzene rings is 1. The van der Waals surface area contributed by atoms with Crippen molar-refractivity contribution in [3.05, 3.63) is 53.7 Å². The van der Waals surface area contributed by atoms with Gasteiger partial charge in [0, 0.05) is 50.2 Å². The first kappa shape index (κ1) is 17.5. The van der Waals surface area contributed by atoms with Crippen LogP contribution in [0.3, 0.4) is 0 Å². The number of imidazole rings is 1. The van der Waals surface area contributed by atoms with Crippen LogP contribution in [0.5, 0.6) is 5.75 Å². The summed E-state index contributed by atoms with van der Waals surface area (Å²) < 4.78 is 7.32. The minimum Gasteiger partial charge on any atom is -0.497 e. The molecular formula is C20H23N5O2. The molecule has 140 valence electrons. The van der Waals surface area contributed by atoms with E-state index in [4.69, 9.17) is 4.74 Å². The van der Waals surface area contributed by atoms with Gasteiger partial charge in [0.05, 0.1) is 18.2 Å². The van der Waals surface area contributed by atoms with E-state index in [2.05, 4.69) is 15.3 Å². The molecule has 0 spiro atoms. The molecule has 1 aliphatic heterocycles. The van der Waals surface area contributed by atoms with Gasteiger partial charge in [0.25, 0.3) is 5.91 Å². The van der Waals surface area contributed by atoms with Gasteiger partial charge in [-0.05, 0) is 31.2 Å². The van der Waals surface area contributed by atoms with E-state index >= 15 is 0 Å². The number of hydrogen-bond donors (Lipinski definition) is 1. The largest absolute Gasteiger partial charge is 0.497 e. The van der Waals surface area contributed by atoms with Crippen LogP contribution < -0.4 is 10.1 Å². The second kappa shape index (κ2) is 7.00. The topological polar surface area (TPSA) is 72.3 Å². The van der Waals surface area contributed by atoms with Crippen molar-refractivity contribution in [2.75, 3.05) is 26.7 Å². The van der Waals surface area contributed by atoms with E-state index in [0.717, 1.165) is 29.0 Å². The van der Waals surface area contributed by atoms with Crippen molar-refractivity contribution in [2.45, 2.75) is 13.0 Å². The molecule has 1 N–H and O–H groups in total. The van der Waals surface area contributed by atoms with Crippen LogP contribution in [0, 0.1) is 6.92 Å². The maximum atomic E-state index is 13.6. The number of rotatable bonds is 3. The summed E-state index contributed by atoms with van der Waals surface area (Å²) in [4.78, 5) is 24.5. The van der Waals surface area contributed by atoms with Crippen LogP contribution >= 0.6 is 0 Å². The third-order valence-corrected chi connectivity index (χ3v) is 5.04. The van der Waals surface area contributed by atoms with Crippen LogP contribution in [0.1, 0.15) is 27.9 Å². The number of nitrogens with zero attached hydrogens (tertiary/aromatic N) is 4. The van der Waals surface area contributed by atoms with Gasteiger partial charge in [-0.3, -0.25) is 9.78 Å². The quantitative estimate of drug-likeness (QED) is 0.769. The number of fused-ring (bicyclic) bond motifs is 1. The molecule has 1 amide bonds. The van der Waals surface area contributed by atoms with E-state index in [-0.39, 0.29) is 11.9 Å². The molecule has 0 aliphatic carbocycles. The lowest BCUT2D eigenvalue weighted by atomic mass is 10.0. The molecule has 27 heavy (non-hydrogen) atoms. The molecule has 0 bridgehead atoms. The number of nitrogens with one attached hydrogen (secondary N) is 1. The van der Waals surface area contributed by atoms with Crippen LogP contribution in [0.4, 0.5) is 0 Å². The highest BCUT2D eigenvalue weighted by Gasteiger charge is 2.32. The van der Waals surface area contributed by atoms with Crippen molar-refractivity contribution in [1.82, 2.24) is 24.8 Å². The first-order valence-electron chi connectivity index (χ1n) is 9.03. The van der Waals surface area contributed by atoms with Gasteiger partial charge in [0.1, 0.15) is 17.6 Å². The van der Waals surface area contributed by atoms with Gasteiger partial charge in [-0.1, -0.05) is 0 Å². The number of aryl methyl sites for hydroxylation is 2. The van der Waals surface area contributed by atoms with Gasteiger partial charge >= 0.3 is 0 Å². The number of carbonyl (C=O) groups excluding carboxylic acids is 1. The van der Waals surface area contributed by atoms with E-state index < -0.39 is 0 Å². The van der Waals surface area contributed by atoms with Crippen LogP contribution in [-0.2, 0) is 7.05 Å². The Labute approximate surface area is 158 Å². The molecule has 3 aromatic rings. The highest BCUT2D eigenvalue weighted by molar-refractivity contribution is 6.06. The van der Waals surface area contributed by atoms with Crippen LogP contribution in [-0.4, -0.2) is 52.1 Å². The lowest BCUT2D eigenvalue weighted by Crippen LogP contribution is -2.49. The Kier molecular flexibility index (Phi) is 4.53. The molecule has 7 heteroatoms. The van der Waals surface area contributed by atoms with E-state index in [1.54, 1.807) is 13.3 Å². The molecule has 3 heterocycles. The molecule has 0 radical (unpaired) electrons. The lowest BCUT2D eigenvalue weighted by Gasteiger charge is -2.36. The first-order valence-corrected chi connectivity index (χ1v) is 9.03. The van der Waals surface area contributed by atoms with Crippen LogP contribution in [0.25, 0.3) is 10.9 Å². The van der Waals surface area contributed by atoms with E-state index in [1.165, 1.54) is 0 Å². The summed E-state index contributed by atoms with van der Waals surface area (Å²) in [7, 11) is 3.58. The second-order valence-corrected chi connectivity index (χ2v) is 6.81. The summed E-state index contributed by atoms with van der Waals surface area (Å²) in [6.45, 7) is 3.98. The van der Waals surface area contributed by atoms with Crippen molar-refractivity contribution in [2.24, 2.45) is 7.05 Å². The zero-order valence-corrected chi connectivity index (χ0v) is 15.8. The van der Waals surface area contributed by atoms with Gasteiger partial charge in [0.15, 0.2) is 0 Å². The molecule has 1 saturated heterocycles. The number of amides is 1. The number of carbonyl (C=O) groups is 1. The third-order valence-electron chi connectivity index (χ3n) is 5.04. The second-order valence-electron chi connectivity index (χ2n) is 6.81. The average Bonchev–Trinajstić information content (AvgIpc) is 3.12. The van der Waals surface area contributed by atoms with Gasteiger partial charge in [0.2, 0.25) is 0 Å². The summed E-state index contributed by atoms with van der Waals surface area (Å²) in [5.74, 6) is 1.58. The zero-order valence-electron chi connectivity index (χ0n) is 15.8. The summed E-state index contributed by atoms with van der Waals surface area (Å²) in [5, 5.41) is 4.18.